The molecule has 1 aromatic heterocycles. The summed E-state index contributed by atoms with van der Waals surface area (Å²) in [7, 11) is 3.21. The molecule has 0 aliphatic rings. The summed E-state index contributed by atoms with van der Waals surface area (Å²) in [5.74, 6) is 2.36. The highest BCUT2D eigenvalue weighted by molar-refractivity contribution is 7.98. The quantitative estimate of drug-likeness (QED) is 0.520. The van der Waals surface area contributed by atoms with Crippen LogP contribution in [-0.2, 0) is 22.3 Å². The van der Waals surface area contributed by atoms with E-state index in [1.165, 1.54) is 7.11 Å². The van der Waals surface area contributed by atoms with Crippen LogP contribution in [0, 0.1) is 0 Å². The van der Waals surface area contributed by atoms with E-state index in [0.29, 0.717) is 6.42 Å². The van der Waals surface area contributed by atoms with Gasteiger partial charge in [-0.1, -0.05) is 0 Å². The fraction of sp³-hybridized carbons (Fsp3) is 0.750. The van der Waals surface area contributed by atoms with Crippen molar-refractivity contribution in [2.75, 3.05) is 12.9 Å². The Labute approximate surface area is 92.4 Å². The Morgan fingerprint density at radius 3 is 3.00 bits per heavy atom. The molecule has 7 heteroatoms. The third-order valence-corrected chi connectivity index (χ3v) is 2.88. The maximum absolute atomic E-state index is 10.8. The summed E-state index contributed by atoms with van der Waals surface area (Å²) < 4.78 is 6.18. The van der Waals surface area contributed by atoms with Gasteiger partial charge in [0.2, 0.25) is 0 Å². The van der Waals surface area contributed by atoms with Crippen LogP contribution >= 0.6 is 11.8 Å². The van der Waals surface area contributed by atoms with Gasteiger partial charge < -0.3 is 4.74 Å². The minimum absolute atomic E-state index is 0.157. The van der Waals surface area contributed by atoms with Crippen LogP contribution in [0.4, 0.5) is 0 Å². The van der Waals surface area contributed by atoms with Crippen LogP contribution in [0.5, 0.6) is 0 Å². The highest BCUT2D eigenvalue weighted by Gasteiger charge is 2.03. The molecule has 0 amide bonds. The van der Waals surface area contributed by atoms with E-state index in [9.17, 15) is 4.79 Å². The van der Waals surface area contributed by atoms with Gasteiger partial charge in [0.15, 0.2) is 5.82 Å². The van der Waals surface area contributed by atoms with Gasteiger partial charge in [0, 0.05) is 13.5 Å². The molecule has 0 aromatic carbocycles. The predicted octanol–water partition coefficient (Wildman–Crippen LogP) is 0.396. The second-order valence-electron chi connectivity index (χ2n) is 2.95. The molecule has 0 unspecified atom stereocenters. The molecule has 0 N–H and O–H groups in total. The number of nitrogens with zero attached hydrogens (tertiary/aromatic N) is 4. The van der Waals surface area contributed by atoms with E-state index < -0.39 is 0 Å². The van der Waals surface area contributed by atoms with Crippen LogP contribution in [0.15, 0.2) is 0 Å². The summed E-state index contributed by atoms with van der Waals surface area (Å²) in [6.45, 7) is 0. The number of carbonyl (C=O) groups is 1. The SMILES string of the molecule is COC(=O)CCCSCc1nnnn1C. The fourth-order valence-electron chi connectivity index (χ4n) is 0.954. The summed E-state index contributed by atoms with van der Waals surface area (Å²) in [5.41, 5.74) is 0. The number of aryl methyl sites for hydroxylation is 1. The summed E-state index contributed by atoms with van der Waals surface area (Å²) in [6, 6.07) is 0. The highest BCUT2D eigenvalue weighted by atomic mass is 32.2. The molecule has 0 atom stereocenters. The molecule has 0 bridgehead atoms. The molecule has 0 radical (unpaired) electrons. The summed E-state index contributed by atoms with van der Waals surface area (Å²) in [6.07, 6.45) is 1.29. The van der Waals surface area contributed by atoms with Crippen molar-refractivity contribution in [3.05, 3.63) is 5.82 Å². The number of methoxy groups -OCH3 is 1. The molecule has 1 rings (SSSR count). The van der Waals surface area contributed by atoms with E-state index in [1.54, 1.807) is 16.4 Å². The number of hydrogen-bond acceptors (Lipinski definition) is 6. The van der Waals surface area contributed by atoms with Gasteiger partial charge in [-0.25, -0.2) is 4.68 Å². The van der Waals surface area contributed by atoms with Gasteiger partial charge in [0.05, 0.1) is 12.9 Å². The second kappa shape index (κ2) is 6.39. The molecule has 0 aliphatic heterocycles. The molecule has 6 nitrogen and oxygen atoms in total. The zero-order valence-corrected chi connectivity index (χ0v) is 9.66. The summed E-state index contributed by atoms with van der Waals surface area (Å²) >= 11 is 1.71. The smallest absolute Gasteiger partial charge is 0.305 e. The number of carbonyl (C=O) groups excluding carboxylic acids is 1. The number of ether oxygens (including phenoxy) is 1. The number of rotatable bonds is 6. The Kier molecular flexibility index (Phi) is 5.09. The number of thioether (sulfide) groups is 1. The number of esters is 1. The number of aromatic nitrogens is 4. The third-order valence-electron chi connectivity index (χ3n) is 1.84. The van der Waals surface area contributed by atoms with Gasteiger partial charge in [-0.2, -0.15) is 11.8 Å². The van der Waals surface area contributed by atoms with Crippen LogP contribution in [0.2, 0.25) is 0 Å². The van der Waals surface area contributed by atoms with Crippen molar-refractivity contribution in [1.29, 1.82) is 0 Å². The Morgan fingerprint density at radius 2 is 2.40 bits per heavy atom. The first kappa shape index (κ1) is 12.0. The minimum atomic E-state index is -0.157. The maximum Gasteiger partial charge on any atom is 0.305 e. The molecule has 1 heterocycles. The second-order valence-corrected chi connectivity index (χ2v) is 4.06. The van der Waals surface area contributed by atoms with Gasteiger partial charge in [-0.3, -0.25) is 4.79 Å². The molecule has 0 saturated heterocycles. The molecular weight excluding hydrogens is 216 g/mol. The summed E-state index contributed by atoms with van der Waals surface area (Å²) in [5, 5.41) is 11.1. The van der Waals surface area contributed by atoms with Crippen molar-refractivity contribution in [2.24, 2.45) is 7.05 Å². The van der Waals surface area contributed by atoms with Gasteiger partial charge in [-0.15, -0.1) is 5.10 Å². The number of hydrogen-bond donors (Lipinski definition) is 0. The Morgan fingerprint density at radius 1 is 1.60 bits per heavy atom. The first-order valence-electron chi connectivity index (χ1n) is 4.60. The zero-order chi connectivity index (χ0) is 11.1. The average Bonchev–Trinajstić information content (AvgIpc) is 2.63. The van der Waals surface area contributed by atoms with Crippen molar-refractivity contribution < 1.29 is 9.53 Å². The normalized spacial score (nSPS) is 10.3. The molecule has 0 fully saturated rings. The summed E-state index contributed by atoms with van der Waals surface area (Å²) in [4.78, 5) is 10.8. The lowest BCUT2D eigenvalue weighted by Crippen LogP contribution is -2.01. The van der Waals surface area contributed by atoms with Crippen molar-refractivity contribution in [1.82, 2.24) is 20.2 Å². The van der Waals surface area contributed by atoms with Crippen LogP contribution in [-0.4, -0.2) is 39.0 Å². The average molecular weight is 230 g/mol. The van der Waals surface area contributed by atoms with Gasteiger partial charge >= 0.3 is 5.97 Å². The van der Waals surface area contributed by atoms with Crippen molar-refractivity contribution in [2.45, 2.75) is 18.6 Å². The van der Waals surface area contributed by atoms with Crippen molar-refractivity contribution >= 4 is 17.7 Å². The first-order valence-corrected chi connectivity index (χ1v) is 5.75. The van der Waals surface area contributed by atoms with Crippen LogP contribution < -0.4 is 0 Å². The molecule has 0 aliphatic carbocycles. The van der Waals surface area contributed by atoms with Crippen LogP contribution in [0.1, 0.15) is 18.7 Å². The van der Waals surface area contributed by atoms with Crippen LogP contribution in [0.3, 0.4) is 0 Å². The molecular formula is C8H14N4O2S. The van der Waals surface area contributed by atoms with Crippen molar-refractivity contribution in [3.8, 4) is 0 Å². The Balaban J connectivity index is 2.07. The lowest BCUT2D eigenvalue weighted by atomic mass is 10.3. The minimum Gasteiger partial charge on any atom is -0.469 e. The highest BCUT2D eigenvalue weighted by Crippen LogP contribution is 2.10. The van der Waals surface area contributed by atoms with Gasteiger partial charge in [-0.05, 0) is 22.6 Å². The van der Waals surface area contributed by atoms with Gasteiger partial charge in [0.1, 0.15) is 0 Å². The fourth-order valence-corrected chi connectivity index (χ4v) is 1.87. The monoisotopic (exact) mass is 230 g/mol. The van der Waals surface area contributed by atoms with Gasteiger partial charge in [0.25, 0.3) is 0 Å². The predicted molar refractivity (Wildman–Crippen MR) is 56.2 cm³/mol. The molecule has 1 aromatic rings. The zero-order valence-electron chi connectivity index (χ0n) is 8.84. The van der Waals surface area contributed by atoms with E-state index in [0.717, 1.165) is 23.8 Å². The maximum atomic E-state index is 10.8. The lowest BCUT2D eigenvalue weighted by Gasteiger charge is -2.00. The van der Waals surface area contributed by atoms with E-state index >= 15 is 0 Å². The molecule has 15 heavy (non-hydrogen) atoms. The lowest BCUT2D eigenvalue weighted by molar-refractivity contribution is -0.140. The largest absolute Gasteiger partial charge is 0.469 e. The third kappa shape index (κ3) is 4.28. The van der Waals surface area contributed by atoms with Crippen LogP contribution in [0.25, 0.3) is 0 Å². The molecule has 84 valence electrons. The molecule has 0 saturated carbocycles. The Bertz CT molecular complexity index is 315. The topological polar surface area (TPSA) is 69.9 Å². The first-order chi connectivity index (χ1) is 7.24. The van der Waals surface area contributed by atoms with E-state index in [2.05, 4.69) is 20.3 Å². The van der Waals surface area contributed by atoms with Crippen molar-refractivity contribution in [3.63, 3.8) is 0 Å². The van der Waals surface area contributed by atoms with E-state index in [-0.39, 0.29) is 5.97 Å². The number of tetrazole rings is 1. The Hall–Kier alpha value is -1.11. The van der Waals surface area contributed by atoms with E-state index in [1.807, 2.05) is 7.05 Å². The standard InChI is InChI=1S/C8H14N4O2S/c1-12-7(9-10-11-12)6-15-5-3-4-8(13)14-2/h3-6H2,1-2H3. The van der Waals surface area contributed by atoms with E-state index in [4.69, 9.17) is 0 Å². The molecule has 0 spiro atoms.